The number of hydrogen-bond acceptors (Lipinski definition) is 4. The maximum absolute atomic E-state index is 13.2. The minimum Gasteiger partial charge on any atom is -0.334 e. The average Bonchev–Trinajstić information content (AvgIpc) is 2.71. The molecule has 3 aromatic heterocycles. The smallest absolute Gasteiger partial charge is 0.278 e. The van der Waals surface area contributed by atoms with E-state index in [-0.39, 0.29) is 11.5 Å². The highest BCUT2D eigenvalue weighted by molar-refractivity contribution is 6.00. The van der Waals surface area contributed by atoms with Crippen molar-refractivity contribution < 1.29 is 14.3 Å². The topological polar surface area (TPSA) is 89.0 Å². The van der Waals surface area contributed by atoms with Crippen LogP contribution < -0.4 is 20.8 Å². The van der Waals surface area contributed by atoms with Gasteiger partial charge in [-0.2, -0.15) is 0 Å². The highest BCUT2D eigenvalue weighted by atomic mass is 16.2. The van der Waals surface area contributed by atoms with Gasteiger partial charge in [0.25, 0.3) is 17.1 Å². The van der Waals surface area contributed by atoms with Crippen molar-refractivity contribution in [2.75, 3.05) is 39.0 Å². The summed E-state index contributed by atoms with van der Waals surface area (Å²) in [5, 5.41) is 0.368. The summed E-state index contributed by atoms with van der Waals surface area (Å²) in [6.07, 6.45) is 3.38. The van der Waals surface area contributed by atoms with Crippen molar-refractivity contribution in [3.63, 3.8) is 0 Å². The fraction of sp³-hybridized carbons (Fsp3) is 0.333. The largest absolute Gasteiger partial charge is 0.334 e. The maximum atomic E-state index is 13.2. The van der Waals surface area contributed by atoms with Gasteiger partial charge in [-0.25, -0.2) is 4.57 Å². The van der Waals surface area contributed by atoms with Crippen molar-refractivity contribution in [1.82, 2.24) is 14.3 Å². The molecule has 3 N–H and O–H groups in total. The van der Waals surface area contributed by atoms with E-state index in [2.05, 4.69) is 13.6 Å². The number of likely N-dealkylation sites (N-methyl/N-ethyl adjacent to an activating group) is 1. The van der Waals surface area contributed by atoms with E-state index in [1.54, 1.807) is 27.8 Å². The quantitative estimate of drug-likeness (QED) is 0.345. The number of aryl methyl sites for hydroxylation is 1. The molecule has 29 heavy (non-hydrogen) atoms. The normalized spacial score (nSPS) is 15.2. The number of rotatable bonds is 3. The Bertz CT molecular complexity index is 1190. The number of pyridine rings is 2. The zero-order chi connectivity index (χ0) is 20.7. The van der Waals surface area contributed by atoms with E-state index < -0.39 is 0 Å². The summed E-state index contributed by atoms with van der Waals surface area (Å²) in [5.74, 6) is 0.155. The predicted molar refractivity (Wildman–Crippen MR) is 111 cm³/mol. The van der Waals surface area contributed by atoms with Crippen LogP contribution in [0.4, 0.5) is 5.82 Å². The van der Waals surface area contributed by atoms with Crippen LogP contribution >= 0.6 is 0 Å². The summed E-state index contributed by atoms with van der Waals surface area (Å²) in [4.78, 5) is 34.4. The highest BCUT2D eigenvalue weighted by Gasteiger charge is 2.29. The lowest BCUT2D eigenvalue weighted by atomic mass is 10.1. The van der Waals surface area contributed by atoms with E-state index in [0.29, 0.717) is 47.7 Å². The lowest BCUT2D eigenvalue weighted by Crippen LogP contribution is -3.12. The van der Waals surface area contributed by atoms with E-state index in [9.17, 15) is 9.59 Å². The maximum Gasteiger partial charge on any atom is 0.278 e. The Morgan fingerprint density at radius 1 is 1.41 bits per heavy atom. The van der Waals surface area contributed by atoms with Gasteiger partial charge in [-0.05, 0) is 19.1 Å². The third-order valence-corrected chi connectivity index (χ3v) is 5.62. The summed E-state index contributed by atoms with van der Waals surface area (Å²) in [7, 11) is 2.12. The molecule has 8 heteroatoms. The lowest BCUT2D eigenvalue weighted by Gasteiger charge is -2.30. The Kier molecular flexibility index (Phi) is 4.79. The third-order valence-electron chi connectivity index (χ3n) is 5.62. The fourth-order valence-electron chi connectivity index (χ4n) is 3.86. The first-order chi connectivity index (χ1) is 13.9. The fourth-order valence-corrected chi connectivity index (χ4v) is 3.86. The summed E-state index contributed by atoms with van der Waals surface area (Å²) in [6, 6.07) is 5.31. The molecule has 0 saturated carbocycles. The van der Waals surface area contributed by atoms with Crippen molar-refractivity contribution in [3.05, 3.63) is 58.5 Å². The highest BCUT2D eigenvalue weighted by Crippen LogP contribution is 2.17. The molecule has 1 amide bonds. The summed E-state index contributed by atoms with van der Waals surface area (Å²) in [5.41, 5.74) is 8.45. The molecule has 150 valence electrons. The van der Waals surface area contributed by atoms with Gasteiger partial charge in [0.05, 0.1) is 39.8 Å². The van der Waals surface area contributed by atoms with Gasteiger partial charge < -0.3 is 15.5 Å². The average molecular weight is 394 g/mol. The molecule has 1 fully saturated rings. The monoisotopic (exact) mass is 394 g/mol. The van der Waals surface area contributed by atoms with E-state index >= 15 is 0 Å². The Balaban J connectivity index is 1.97. The summed E-state index contributed by atoms with van der Waals surface area (Å²) >= 11 is 0. The van der Waals surface area contributed by atoms with Gasteiger partial charge in [0.1, 0.15) is 10.9 Å². The summed E-state index contributed by atoms with van der Waals surface area (Å²) in [6.45, 7) is 9.16. The molecule has 4 rings (SSSR count). The Morgan fingerprint density at radius 3 is 2.83 bits per heavy atom. The SMILES string of the molecule is C=CC[n+]1c(N)c(C(=O)N2CC[NH+](C)CC2)cc2c(=O)n3cccc(C)c3nc21. The van der Waals surface area contributed by atoms with Crippen LogP contribution in [-0.4, -0.2) is 53.4 Å². The number of fused-ring (bicyclic) bond motifs is 2. The van der Waals surface area contributed by atoms with E-state index in [1.807, 2.05) is 19.1 Å². The number of piperazine rings is 1. The van der Waals surface area contributed by atoms with E-state index in [1.165, 1.54) is 9.30 Å². The molecule has 0 aromatic carbocycles. The Hall–Kier alpha value is -3.26. The number of nitrogen functional groups attached to an aromatic ring is 1. The van der Waals surface area contributed by atoms with Gasteiger partial charge in [0.15, 0.2) is 0 Å². The first-order valence-corrected chi connectivity index (χ1v) is 9.78. The van der Waals surface area contributed by atoms with Crippen LogP contribution in [0.25, 0.3) is 16.7 Å². The molecule has 0 radical (unpaired) electrons. The number of quaternary nitrogens is 1. The predicted octanol–water partition coefficient (Wildman–Crippen LogP) is -0.818. The van der Waals surface area contributed by atoms with Crippen LogP contribution in [0.1, 0.15) is 15.9 Å². The van der Waals surface area contributed by atoms with Crippen LogP contribution in [0.3, 0.4) is 0 Å². The van der Waals surface area contributed by atoms with Crippen molar-refractivity contribution in [2.24, 2.45) is 0 Å². The van der Waals surface area contributed by atoms with Crippen LogP contribution in [0, 0.1) is 6.92 Å². The van der Waals surface area contributed by atoms with Crippen molar-refractivity contribution >= 4 is 28.4 Å². The summed E-state index contributed by atoms with van der Waals surface area (Å²) < 4.78 is 3.21. The minimum atomic E-state index is -0.219. The number of nitrogens with one attached hydrogen (secondary N) is 1. The molecule has 1 aliphatic rings. The Labute approximate surface area is 168 Å². The number of nitrogens with two attached hydrogens (primary N) is 1. The first-order valence-electron chi connectivity index (χ1n) is 9.78. The molecule has 0 atom stereocenters. The molecule has 8 nitrogen and oxygen atoms in total. The van der Waals surface area contributed by atoms with E-state index in [0.717, 1.165) is 18.7 Å². The molecule has 1 aliphatic heterocycles. The standard InChI is InChI=1S/C21H24N6O2/c1-4-7-26-17(22)15(20(28)25-11-9-24(3)10-12-25)13-16-19(26)23-18-14(2)6-5-8-27(18)21(16)29/h4-6,8,13,22H,1,7,9-12H2,2-3H3/p+2. The van der Waals surface area contributed by atoms with Crippen LogP contribution in [0.5, 0.6) is 0 Å². The number of carbonyl (C=O) groups excluding carboxylic acids is 1. The van der Waals surface area contributed by atoms with Gasteiger partial charge in [0.2, 0.25) is 11.5 Å². The number of nitrogens with zero attached hydrogens (tertiary/aromatic N) is 4. The van der Waals surface area contributed by atoms with Crippen LogP contribution in [0.2, 0.25) is 0 Å². The molecule has 3 aromatic rings. The second-order valence-corrected chi connectivity index (χ2v) is 7.63. The van der Waals surface area contributed by atoms with Crippen LogP contribution in [-0.2, 0) is 6.54 Å². The van der Waals surface area contributed by atoms with Gasteiger partial charge in [0, 0.05) is 11.8 Å². The third kappa shape index (κ3) is 3.15. The van der Waals surface area contributed by atoms with Gasteiger partial charge >= 0.3 is 0 Å². The lowest BCUT2D eigenvalue weighted by molar-refractivity contribution is -0.883. The molecule has 1 saturated heterocycles. The first kappa shape index (κ1) is 19.1. The van der Waals surface area contributed by atoms with Gasteiger partial charge in [-0.15, -0.1) is 0 Å². The number of hydrogen-bond donors (Lipinski definition) is 2. The second kappa shape index (κ2) is 7.29. The van der Waals surface area contributed by atoms with Crippen molar-refractivity contribution in [1.29, 1.82) is 0 Å². The number of amides is 1. The second-order valence-electron chi connectivity index (χ2n) is 7.63. The number of carbonyl (C=O) groups is 1. The van der Waals surface area contributed by atoms with Gasteiger partial charge in [-0.1, -0.05) is 23.7 Å². The number of allylic oxidation sites excluding steroid dienone is 1. The molecule has 0 aliphatic carbocycles. The zero-order valence-corrected chi connectivity index (χ0v) is 16.8. The Morgan fingerprint density at radius 2 is 2.14 bits per heavy atom. The zero-order valence-electron chi connectivity index (χ0n) is 16.8. The molecular weight excluding hydrogens is 368 g/mol. The van der Waals surface area contributed by atoms with Crippen LogP contribution in [0.15, 0.2) is 41.8 Å². The van der Waals surface area contributed by atoms with Crippen molar-refractivity contribution in [2.45, 2.75) is 13.5 Å². The molecule has 4 heterocycles. The molecule has 0 unspecified atom stereocenters. The minimum absolute atomic E-state index is 0.150. The molecule has 0 spiro atoms. The molecule has 0 bridgehead atoms. The molecular formula is C21H26N6O2+2. The van der Waals surface area contributed by atoms with Gasteiger partial charge in [-0.3, -0.25) is 14.0 Å². The number of aromatic nitrogens is 3. The van der Waals surface area contributed by atoms with E-state index in [4.69, 9.17) is 10.7 Å². The number of anilines is 1. The van der Waals surface area contributed by atoms with Crippen molar-refractivity contribution in [3.8, 4) is 0 Å².